The maximum absolute atomic E-state index is 12.1. The standard InChI is InChI=1S/C12H21N3O4/c1-4-5-8(9(16)17)14-11(19)15-7-6-13-10(18)12(15,2)3/h8H,4-7H2,1-3H3,(H,13,18)(H,14,19)(H,16,17). The SMILES string of the molecule is CCCC(NC(=O)N1CCNC(=O)C1(C)C)C(=O)O. The van der Waals surface area contributed by atoms with Crippen molar-refractivity contribution in [1.29, 1.82) is 0 Å². The zero-order valence-corrected chi connectivity index (χ0v) is 11.5. The van der Waals surface area contributed by atoms with Crippen molar-refractivity contribution in [3.05, 3.63) is 0 Å². The normalized spacial score (nSPS) is 19.5. The van der Waals surface area contributed by atoms with Crippen molar-refractivity contribution < 1.29 is 19.5 Å². The van der Waals surface area contributed by atoms with Crippen LogP contribution in [0.25, 0.3) is 0 Å². The summed E-state index contributed by atoms with van der Waals surface area (Å²) in [7, 11) is 0. The number of piperazine rings is 1. The molecule has 1 aliphatic heterocycles. The molecule has 1 fully saturated rings. The summed E-state index contributed by atoms with van der Waals surface area (Å²) in [4.78, 5) is 36.2. The Morgan fingerprint density at radius 1 is 1.53 bits per heavy atom. The van der Waals surface area contributed by atoms with Gasteiger partial charge in [0.25, 0.3) is 0 Å². The highest BCUT2D eigenvalue weighted by atomic mass is 16.4. The number of nitrogens with zero attached hydrogens (tertiary/aromatic N) is 1. The van der Waals surface area contributed by atoms with Gasteiger partial charge in [0.2, 0.25) is 5.91 Å². The first-order valence-corrected chi connectivity index (χ1v) is 6.40. The molecule has 1 unspecified atom stereocenters. The predicted molar refractivity (Wildman–Crippen MR) is 68.7 cm³/mol. The van der Waals surface area contributed by atoms with Crippen LogP contribution in [0.3, 0.4) is 0 Å². The second-order valence-electron chi connectivity index (χ2n) is 5.10. The van der Waals surface area contributed by atoms with Crippen LogP contribution in [0.4, 0.5) is 4.79 Å². The van der Waals surface area contributed by atoms with E-state index in [1.165, 1.54) is 4.90 Å². The van der Waals surface area contributed by atoms with Gasteiger partial charge in [0.1, 0.15) is 11.6 Å². The molecule has 0 aromatic carbocycles. The first-order chi connectivity index (χ1) is 8.80. The Morgan fingerprint density at radius 3 is 2.68 bits per heavy atom. The van der Waals surface area contributed by atoms with Crippen LogP contribution in [-0.4, -0.2) is 52.6 Å². The molecule has 0 saturated carbocycles. The van der Waals surface area contributed by atoms with Crippen LogP contribution in [0.15, 0.2) is 0 Å². The molecule has 108 valence electrons. The van der Waals surface area contributed by atoms with Crippen LogP contribution in [-0.2, 0) is 9.59 Å². The molecule has 7 nitrogen and oxygen atoms in total. The minimum atomic E-state index is -1.06. The van der Waals surface area contributed by atoms with Crippen molar-refractivity contribution in [2.45, 2.75) is 45.2 Å². The van der Waals surface area contributed by atoms with E-state index < -0.39 is 23.6 Å². The summed E-state index contributed by atoms with van der Waals surface area (Å²) < 4.78 is 0. The van der Waals surface area contributed by atoms with E-state index in [0.717, 1.165) is 0 Å². The van der Waals surface area contributed by atoms with Crippen molar-refractivity contribution in [2.75, 3.05) is 13.1 Å². The number of carboxylic acids is 1. The number of carbonyl (C=O) groups excluding carboxylic acids is 2. The Hall–Kier alpha value is -1.79. The van der Waals surface area contributed by atoms with Gasteiger partial charge in [0.15, 0.2) is 0 Å². The van der Waals surface area contributed by atoms with E-state index in [1.54, 1.807) is 13.8 Å². The van der Waals surface area contributed by atoms with Crippen LogP contribution >= 0.6 is 0 Å². The number of hydrogen-bond donors (Lipinski definition) is 3. The van der Waals surface area contributed by atoms with Gasteiger partial charge in [-0.3, -0.25) is 4.79 Å². The fourth-order valence-electron chi connectivity index (χ4n) is 2.03. The van der Waals surface area contributed by atoms with Crippen molar-refractivity contribution in [3.63, 3.8) is 0 Å². The number of amides is 3. The van der Waals surface area contributed by atoms with E-state index in [4.69, 9.17) is 5.11 Å². The molecule has 1 heterocycles. The first-order valence-electron chi connectivity index (χ1n) is 6.40. The Morgan fingerprint density at radius 2 is 2.16 bits per heavy atom. The summed E-state index contributed by atoms with van der Waals surface area (Å²) in [6.45, 7) is 5.86. The van der Waals surface area contributed by atoms with Gasteiger partial charge in [-0.2, -0.15) is 0 Å². The van der Waals surface area contributed by atoms with Crippen LogP contribution < -0.4 is 10.6 Å². The third kappa shape index (κ3) is 3.36. The summed E-state index contributed by atoms with van der Waals surface area (Å²) >= 11 is 0. The summed E-state index contributed by atoms with van der Waals surface area (Å²) in [5.41, 5.74) is -0.975. The fraction of sp³-hybridized carbons (Fsp3) is 0.750. The van der Waals surface area contributed by atoms with Crippen molar-refractivity contribution in [3.8, 4) is 0 Å². The van der Waals surface area contributed by atoms with Gasteiger partial charge in [-0.05, 0) is 20.3 Å². The van der Waals surface area contributed by atoms with Crippen molar-refractivity contribution in [2.24, 2.45) is 0 Å². The molecule has 0 aliphatic carbocycles. The number of urea groups is 1. The van der Waals surface area contributed by atoms with Crippen molar-refractivity contribution >= 4 is 17.9 Å². The molecule has 0 bridgehead atoms. The predicted octanol–water partition coefficient (Wildman–Crippen LogP) is 0.160. The molecule has 1 aliphatic rings. The van der Waals surface area contributed by atoms with E-state index in [0.29, 0.717) is 25.9 Å². The van der Waals surface area contributed by atoms with Gasteiger partial charge < -0.3 is 20.6 Å². The van der Waals surface area contributed by atoms with E-state index >= 15 is 0 Å². The van der Waals surface area contributed by atoms with Crippen LogP contribution in [0, 0.1) is 0 Å². The fourth-order valence-corrected chi connectivity index (χ4v) is 2.03. The lowest BCUT2D eigenvalue weighted by atomic mass is 9.99. The molecular weight excluding hydrogens is 250 g/mol. The van der Waals surface area contributed by atoms with Gasteiger partial charge in [-0.1, -0.05) is 13.3 Å². The zero-order chi connectivity index (χ0) is 14.6. The molecule has 1 atom stereocenters. The maximum Gasteiger partial charge on any atom is 0.326 e. The van der Waals surface area contributed by atoms with Crippen molar-refractivity contribution in [1.82, 2.24) is 15.5 Å². The van der Waals surface area contributed by atoms with Gasteiger partial charge in [0, 0.05) is 13.1 Å². The molecule has 0 aromatic rings. The van der Waals surface area contributed by atoms with Gasteiger partial charge >= 0.3 is 12.0 Å². The van der Waals surface area contributed by atoms with E-state index in [-0.39, 0.29) is 5.91 Å². The molecule has 0 spiro atoms. The highest BCUT2D eigenvalue weighted by Gasteiger charge is 2.41. The average Bonchev–Trinajstić information content (AvgIpc) is 2.31. The monoisotopic (exact) mass is 271 g/mol. The Bertz CT molecular complexity index is 381. The third-order valence-electron chi connectivity index (χ3n) is 3.27. The lowest BCUT2D eigenvalue weighted by molar-refractivity contribution is -0.139. The number of carboxylic acid groups (broad SMARTS) is 1. The third-order valence-corrected chi connectivity index (χ3v) is 3.27. The van der Waals surface area contributed by atoms with E-state index in [2.05, 4.69) is 10.6 Å². The van der Waals surface area contributed by atoms with Crippen LogP contribution in [0.1, 0.15) is 33.6 Å². The summed E-state index contributed by atoms with van der Waals surface area (Å²) in [5, 5.41) is 14.2. The smallest absolute Gasteiger partial charge is 0.326 e. The quantitative estimate of drug-likeness (QED) is 0.678. The van der Waals surface area contributed by atoms with Gasteiger partial charge in [-0.15, -0.1) is 0 Å². The molecule has 3 N–H and O–H groups in total. The molecule has 1 saturated heterocycles. The first kappa shape index (κ1) is 15.3. The molecule has 3 amide bonds. The second kappa shape index (κ2) is 5.90. The van der Waals surface area contributed by atoms with E-state index in [9.17, 15) is 14.4 Å². The summed E-state index contributed by atoms with van der Waals surface area (Å²) in [5.74, 6) is -1.30. The Balaban J connectivity index is 2.76. The highest BCUT2D eigenvalue weighted by Crippen LogP contribution is 2.17. The zero-order valence-electron chi connectivity index (χ0n) is 11.5. The summed E-state index contributed by atoms with van der Waals surface area (Å²) in [6.07, 6.45) is 1.02. The number of nitrogens with one attached hydrogen (secondary N) is 2. The minimum Gasteiger partial charge on any atom is -0.480 e. The minimum absolute atomic E-state index is 0.240. The molecule has 0 aromatic heterocycles. The number of aliphatic carboxylic acids is 1. The van der Waals surface area contributed by atoms with E-state index in [1.807, 2.05) is 6.92 Å². The second-order valence-corrected chi connectivity index (χ2v) is 5.10. The average molecular weight is 271 g/mol. The molecular formula is C12H21N3O4. The number of hydrogen-bond acceptors (Lipinski definition) is 3. The highest BCUT2D eigenvalue weighted by molar-refractivity contribution is 5.92. The number of carbonyl (C=O) groups is 3. The molecule has 19 heavy (non-hydrogen) atoms. The maximum atomic E-state index is 12.1. The molecule has 0 radical (unpaired) electrons. The largest absolute Gasteiger partial charge is 0.480 e. The van der Waals surface area contributed by atoms with Gasteiger partial charge in [-0.25, -0.2) is 9.59 Å². The topological polar surface area (TPSA) is 98.7 Å². The molecule has 7 heteroatoms. The van der Waals surface area contributed by atoms with Gasteiger partial charge in [0.05, 0.1) is 0 Å². The lowest BCUT2D eigenvalue weighted by Crippen LogP contribution is -2.66. The Labute approximate surface area is 112 Å². The van der Waals surface area contributed by atoms with Crippen LogP contribution in [0.5, 0.6) is 0 Å². The lowest BCUT2D eigenvalue weighted by Gasteiger charge is -2.41. The molecule has 1 rings (SSSR count). The number of rotatable bonds is 4. The van der Waals surface area contributed by atoms with Crippen LogP contribution in [0.2, 0.25) is 0 Å². The Kier molecular flexibility index (Phi) is 4.74. The summed E-state index contributed by atoms with van der Waals surface area (Å²) in [6, 6.07) is -1.43.